The van der Waals surface area contributed by atoms with Crippen molar-refractivity contribution < 1.29 is 22.6 Å². The highest BCUT2D eigenvalue weighted by Gasteiger charge is 2.47. The predicted octanol–water partition coefficient (Wildman–Crippen LogP) is 6.08. The van der Waals surface area contributed by atoms with Crippen molar-refractivity contribution in [3.8, 4) is 17.7 Å². The van der Waals surface area contributed by atoms with Crippen LogP contribution in [0.3, 0.4) is 0 Å². The monoisotopic (exact) mass is 535 g/mol. The van der Waals surface area contributed by atoms with Crippen molar-refractivity contribution in [2.24, 2.45) is 16.9 Å². The number of ether oxygens (including phenoxy) is 2. The minimum Gasteiger partial charge on any atom is -0.490 e. The van der Waals surface area contributed by atoms with E-state index in [1.54, 1.807) is 43.5 Å². The summed E-state index contributed by atoms with van der Waals surface area (Å²) in [4.78, 5) is 6.22. The molecule has 0 aliphatic carbocycles. The molecule has 1 fully saturated rings. The molecular formula is C26H29ClF3N5O2. The van der Waals surface area contributed by atoms with Crippen LogP contribution >= 0.6 is 11.6 Å². The lowest BCUT2D eigenvalue weighted by molar-refractivity contribution is -0.0620. The lowest BCUT2D eigenvalue weighted by Gasteiger charge is -2.39. The highest BCUT2D eigenvalue weighted by atomic mass is 35.5. The Balaban J connectivity index is 1.47. The summed E-state index contributed by atoms with van der Waals surface area (Å²) in [6.07, 6.45) is -1.61. The molecule has 37 heavy (non-hydrogen) atoms. The zero-order chi connectivity index (χ0) is 26.7. The van der Waals surface area contributed by atoms with Gasteiger partial charge in [0.25, 0.3) is 0 Å². The molecule has 3 heterocycles. The molecule has 2 unspecified atom stereocenters. The molecule has 1 saturated heterocycles. The largest absolute Gasteiger partial charge is 0.490 e. The van der Waals surface area contributed by atoms with Gasteiger partial charge in [0.1, 0.15) is 17.6 Å². The zero-order valence-electron chi connectivity index (χ0n) is 20.9. The first-order chi connectivity index (χ1) is 17.7. The standard InChI is InChI=1S/C26H29ClF3N5O2/c1-4-21-16(2)25(26(28,29)30)33-35(21)18-5-7-19(8-6-18)37-23-10-12-34(15-17(23)9-11-31)22-13-24(36-3)32-14-20(22)27/h5-8,13-14,16-17,21,23H,4,9-10,12,15H2,1-3H3/t16?,17?,21-,23+/m0/s1. The normalized spacial score (nSPS) is 24.0. The smallest absolute Gasteiger partial charge is 0.431 e. The molecule has 7 nitrogen and oxygen atoms in total. The van der Waals surface area contributed by atoms with Crippen LogP contribution in [0, 0.1) is 23.2 Å². The Hall–Kier alpha value is -3.19. The van der Waals surface area contributed by atoms with E-state index in [4.69, 9.17) is 21.1 Å². The van der Waals surface area contributed by atoms with Crippen LogP contribution in [0.4, 0.5) is 24.5 Å². The zero-order valence-corrected chi connectivity index (χ0v) is 21.6. The highest BCUT2D eigenvalue weighted by Crippen LogP contribution is 2.37. The van der Waals surface area contributed by atoms with Gasteiger partial charge in [-0.2, -0.15) is 23.5 Å². The molecule has 2 aliphatic rings. The van der Waals surface area contributed by atoms with Gasteiger partial charge >= 0.3 is 6.18 Å². The molecule has 0 spiro atoms. The fourth-order valence-corrected chi connectivity index (χ4v) is 5.30. The van der Waals surface area contributed by atoms with Crippen molar-refractivity contribution in [2.45, 2.75) is 51.4 Å². The van der Waals surface area contributed by atoms with Gasteiger partial charge in [0, 0.05) is 43.8 Å². The number of rotatable bonds is 7. The number of benzene rings is 1. The average Bonchev–Trinajstić information content (AvgIpc) is 3.22. The van der Waals surface area contributed by atoms with Crippen molar-refractivity contribution in [3.05, 3.63) is 41.6 Å². The second-order valence-corrected chi connectivity index (χ2v) is 9.68. The van der Waals surface area contributed by atoms with Crippen molar-refractivity contribution >= 4 is 28.7 Å². The summed E-state index contributed by atoms with van der Waals surface area (Å²) >= 11 is 6.38. The molecule has 2 aliphatic heterocycles. The second kappa shape index (κ2) is 11.1. The quantitative estimate of drug-likeness (QED) is 0.427. The van der Waals surface area contributed by atoms with E-state index in [0.29, 0.717) is 54.7 Å². The van der Waals surface area contributed by atoms with Crippen molar-refractivity contribution in [1.29, 1.82) is 5.26 Å². The van der Waals surface area contributed by atoms with Crippen LogP contribution in [0.25, 0.3) is 0 Å². The molecule has 0 bridgehead atoms. The summed E-state index contributed by atoms with van der Waals surface area (Å²) in [5.74, 6) is 0.261. The Bertz CT molecular complexity index is 1170. The molecule has 4 atom stereocenters. The first kappa shape index (κ1) is 26.9. The molecule has 0 amide bonds. The van der Waals surface area contributed by atoms with E-state index in [1.807, 2.05) is 6.92 Å². The van der Waals surface area contributed by atoms with E-state index in [0.717, 1.165) is 5.69 Å². The summed E-state index contributed by atoms with van der Waals surface area (Å²) in [5.41, 5.74) is 0.621. The molecule has 1 aromatic heterocycles. The molecule has 2 aromatic rings. The van der Waals surface area contributed by atoms with Crippen LogP contribution in [0.1, 0.15) is 33.1 Å². The summed E-state index contributed by atoms with van der Waals surface area (Å²) in [6, 6.07) is 10.6. The molecule has 4 rings (SSSR count). The number of piperidine rings is 1. The van der Waals surface area contributed by atoms with Gasteiger partial charge in [-0.3, -0.25) is 5.01 Å². The Morgan fingerprint density at radius 1 is 1.24 bits per heavy atom. The minimum absolute atomic E-state index is 0.0727. The summed E-state index contributed by atoms with van der Waals surface area (Å²) in [5, 5.41) is 15.3. The maximum absolute atomic E-state index is 13.4. The van der Waals surface area contributed by atoms with E-state index in [-0.39, 0.29) is 18.1 Å². The van der Waals surface area contributed by atoms with Crippen LogP contribution in [-0.4, -0.2) is 49.2 Å². The van der Waals surface area contributed by atoms with E-state index >= 15 is 0 Å². The van der Waals surface area contributed by atoms with Gasteiger partial charge in [-0.15, -0.1) is 0 Å². The topological polar surface area (TPSA) is 74.0 Å². The third-order valence-corrected chi connectivity index (χ3v) is 7.30. The number of methoxy groups -OCH3 is 1. The van der Waals surface area contributed by atoms with Crippen molar-refractivity contribution in [3.63, 3.8) is 0 Å². The predicted molar refractivity (Wildman–Crippen MR) is 136 cm³/mol. The molecular weight excluding hydrogens is 507 g/mol. The third-order valence-electron chi connectivity index (χ3n) is 7.01. The summed E-state index contributed by atoms with van der Waals surface area (Å²) in [7, 11) is 1.54. The number of anilines is 2. The Labute approximate surface area is 219 Å². The fourth-order valence-electron chi connectivity index (χ4n) is 5.08. The van der Waals surface area contributed by atoms with Gasteiger partial charge in [0.2, 0.25) is 5.88 Å². The number of pyridine rings is 1. The lowest BCUT2D eigenvalue weighted by Crippen LogP contribution is -2.45. The van der Waals surface area contributed by atoms with Gasteiger partial charge in [0.05, 0.1) is 41.8 Å². The minimum atomic E-state index is -4.46. The van der Waals surface area contributed by atoms with E-state index in [1.165, 1.54) is 12.1 Å². The molecule has 0 radical (unpaired) electrons. The number of aromatic nitrogens is 1. The first-order valence-electron chi connectivity index (χ1n) is 12.2. The van der Waals surface area contributed by atoms with E-state index in [9.17, 15) is 18.4 Å². The van der Waals surface area contributed by atoms with Gasteiger partial charge in [-0.1, -0.05) is 25.4 Å². The van der Waals surface area contributed by atoms with Crippen molar-refractivity contribution in [1.82, 2.24) is 4.98 Å². The van der Waals surface area contributed by atoms with Crippen LogP contribution in [0.15, 0.2) is 41.6 Å². The second-order valence-electron chi connectivity index (χ2n) is 9.28. The van der Waals surface area contributed by atoms with E-state index in [2.05, 4.69) is 21.1 Å². The number of alkyl halides is 3. The Morgan fingerprint density at radius 2 is 1.97 bits per heavy atom. The van der Waals surface area contributed by atoms with Gasteiger partial charge in [0.15, 0.2) is 0 Å². The Morgan fingerprint density at radius 3 is 2.59 bits per heavy atom. The van der Waals surface area contributed by atoms with Crippen molar-refractivity contribution in [2.75, 3.05) is 30.1 Å². The summed E-state index contributed by atoms with van der Waals surface area (Å²) in [6.45, 7) is 4.66. The van der Waals surface area contributed by atoms with Crippen LogP contribution in [0.2, 0.25) is 5.02 Å². The van der Waals surface area contributed by atoms with Crippen LogP contribution < -0.4 is 19.4 Å². The third kappa shape index (κ3) is 5.72. The number of hydrazone groups is 1. The van der Waals surface area contributed by atoms with Gasteiger partial charge in [-0.25, -0.2) is 4.98 Å². The SMILES string of the molecule is CC[C@H]1C(C)C(C(F)(F)F)=NN1c1ccc(O[C@@H]2CCN(c3cc(OC)ncc3Cl)CC2CC#N)cc1. The van der Waals surface area contributed by atoms with E-state index < -0.39 is 17.8 Å². The fraction of sp³-hybridized carbons (Fsp3) is 0.500. The molecule has 0 N–H and O–H groups in total. The molecule has 1 aromatic carbocycles. The lowest BCUT2D eigenvalue weighted by atomic mass is 9.91. The van der Waals surface area contributed by atoms with Crippen LogP contribution in [0.5, 0.6) is 11.6 Å². The number of nitriles is 1. The molecule has 198 valence electrons. The number of halogens is 4. The maximum Gasteiger partial charge on any atom is 0.431 e. The highest BCUT2D eigenvalue weighted by molar-refractivity contribution is 6.33. The number of hydrogen-bond donors (Lipinski definition) is 0. The molecule has 11 heteroatoms. The summed E-state index contributed by atoms with van der Waals surface area (Å²) < 4.78 is 51.7. The number of hydrogen-bond acceptors (Lipinski definition) is 7. The van der Waals surface area contributed by atoms with Gasteiger partial charge in [-0.05, 0) is 30.7 Å². The maximum atomic E-state index is 13.4. The van der Waals surface area contributed by atoms with Crippen LogP contribution in [-0.2, 0) is 0 Å². The molecule has 0 saturated carbocycles. The number of nitrogens with zero attached hydrogens (tertiary/aromatic N) is 5. The van der Waals surface area contributed by atoms with Gasteiger partial charge < -0.3 is 14.4 Å². The first-order valence-corrected chi connectivity index (χ1v) is 12.6. The Kier molecular flexibility index (Phi) is 8.02. The average molecular weight is 536 g/mol.